The van der Waals surface area contributed by atoms with Crippen LogP contribution in [0.25, 0.3) is 11.3 Å². The van der Waals surface area contributed by atoms with Crippen molar-refractivity contribution in [1.29, 1.82) is 0 Å². The normalized spacial score (nSPS) is 13.5. The summed E-state index contributed by atoms with van der Waals surface area (Å²) >= 11 is 0. The molecule has 2 aromatic carbocycles. The Hall–Kier alpha value is -4.83. The summed E-state index contributed by atoms with van der Waals surface area (Å²) in [7, 11) is 1.57. The lowest BCUT2D eigenvalue weighted by molar-refractivity contribution is 0.0302. The molecule has 5 rings (SSSR count). The molecule has 4 aromatic rings. The third-order valence-corrected chi connectivity index (χ3v) is 7.06. The summed E-state index contributed by atoms with van der Waals surface area (Å²) in [4.78, 5) is 44.6. The molecule has 0 spiro atoms. The average Bonchev–Trinajstić information content (AvgIpc) is 2.99. The molecule has 1 fully saturated rings. The van der Waals surface area contributed by atoms with Crippen LogP contribution in [0.4, 0.5) is 17.2 Å². The Kier molecular flexibility index (Phi) is 8.17. The maximum Gasteiger partial charge on any atom is 0.290 e. The van der Waals surface area contributed by atoms with Crippen LogP contribution in [0.3, 0.4) is 0 Å². The van der Waals surface area contributed by atoms with Crippen LogP contribution in [0, 0.1) is 0 Å². The van der Waals surface area contributed by atoms with E-state index in [1.54, 1.807) is 36.2 Å². The first kappa shape index (κ1) is 28.7. The molecule has 10 heteroatoms. The highest BCUT2D eigenvalue weighted by atomic mass is 16.5. The van der Waals surface area contributed by atoms with Crippen molar-refractivity contribution in [2.24, 2.45) is 7.05 Å². The van der Waals surface area contributed by atoms with Gasteiger partial charge in [-0.2, -0.15) is 5.10 Å². The van der Waals surface area contributed by atoms with E-state index in [-0.39, 0.29) is 28.5 Å². The Balaban J connectivity index is 1.32. The molecule has 0 saturated carbocycles. The molecule has 216 valence electrons. The molecule has 2 N–H and O–H groups in total. The number of carbonyl (C=O) groups is 2. The molecule has 0 unspecified atom stereocenters. The smallest absolute Gasteiger partial charge is 0.290 e. The predicted molar refractivity (Wildman–Crippen MR) is 162 cm³/mol. The van der Waals surface area contributed by atoms with Crippen molar-refractivity contribution in [1.82, 2.24) is 19.7 Å². The van der Waals surface area contributed by atoms with E-state index >= 15 is 0 Å². The van der Waals surface area contributed by atoms with Gasteiger partial charge >= 0.3 is 0 Å². The minimum Gasteiger partial charge on any atom is -0.378 e. The maximum absolute atomic E-state index is 12.9. The summed E-state index contributed by atoms with van der Waals surface area (Å²) in [6.45, 7) is 8.52. The van der Waals surface area contributed by atoms with Crippen molar-refractivity contribution in [3.63, 3.8) is 0 Å². The number of ether oxygens (including phenoxy) is 1. The highest BCUT2D eigenvalue weighted by Crippen LogP contribution is 2.25. The third-order valence-electron chi connectivity index (χ3n) is 7.06. The molecule has 2 amide bonds. The van der Waals surface area contributed by atoms with E-state index in [1.807, 2.05) is 42.5 Å². The molecule has 0 radical (unpaired) electrons. The summed E-state index contributed by atoms with van der Waals surface area (Å²) in [6.07, 6.45) is 1.50. The summed E-state index contributed by atoms with van der Waals surface area (Å²) in [6, 6.07) is 19.9. The number of pyridine rings is 1. The van der Waals surface area contributed by atoms with E-state index < -0.39 is 0 Å². The van der Waals surface area contributed by atoms with Gasteiger partial charge in [-0.05, 0) is 53.4 Å². The topological polar surface area (TPSA) is 118 Å². The minimum atomic E-state index is -0.336. The standard InChI is InChI=1S/C32H34N6O4/c1-32(2,3)24-11-8-21(9-12-24)29(39)34-25-7-5-6-22(18-25)26-19-27(31(41)37(4)36-26)35-28-13-10-23(20-33-28)30(40)38-14-16-42-17-15-38/h5-13,18-20H,14-17H2,1-4H3,(H,33,35)(H,34,39). The SMILES string of the molecule is Cn1nc(-c2cccc(NC(=O)c3ccc(C(C)(C)C)cc3)c2)cc(Nc2ccc(C(=O)N3CCOCC3)cn2)c1=O. The van der Waals surface area contributed by atoms with E-state index in [2.05, 4.69) is 41.5 Å². The zero-order valence-corrected chi connectivity index (χ0v) is 24.2. The van der Waals surface area contributed by atoms with Gasteiger partial charge in [0.2, 0.25) is 0 Å². The quantitative estimate of drug-likeness (QED) is 0.350. The molecular formula is C32H34N6O4. The number of morpholine rings is 1. The molecule has 2 aromatic heterocycles. The van der Waals surface area contributed by atoms with Gasteiger partial charge in [0.05, 0.1) is 24.5 Å². The number of hydrogen-bond donors (Lipinski definition) is 2. The largest absolute Gasteiger partial charge is 0.378 e. The fraction of sp³-hybridized carbons (Fsp3) is 0.281. The molecule has 42 heavy (non-hydrogen) atoms. The van der Waals surface area contributed by atoms with Crippen molar-refractivity contribution in [2.45, 2.75) is 26.2 Å². The van der Waals surface area contributed by atoms with Crippen molar-refractivity contribution >= 4 is 29.0 Å². The first-order chi connectivity index (χ1) is 20.1. The van der Waals surface area contributed by atoms with Gasteiger partial charge in [-0.15, -0.1) is 0 Å². The number of nitrogens with one attached hydrogen (secondary N) is 2. The second-order valence-electron chi connectivity index (χ2n) is 11.2. The summed E-state index contributed by atoms with van der Waals surface area (Å²) in [5.74, 6) is 0.0969. The van der Waals surface area contributed by atoms with Crippen LogP contribution >= 0.6 is 0 Å². The van der Waals surface area contributed by atoms with Crippen molar-refractivity contribution in [2.75, 3.05) is 36.9 Å². The fourth-order valence-electron chi connectivity index (χ4n) is 4.60. The molecule has 0 atom stereocenters. The first-order valence-corrected chi connectivity index (χ1v) is 13.8. The van der Waals surface area contributed by atoms with Gasteiger partial charge in [-0.3, -0.25) is 14.4 Å². The van der Waals surface area contributed by atoms with Gasteiger partial charge < -0.3 is 20.3 Å². The number of amides is 2. The number of aryl methyl sites for hydroxylation is 1. The van der Waals surface area contributed by atoms with Crippen LogP contribution in [0.2, 0.25) is 0 Å². The van der Waals surface area contributed by atoms with Crippen LogP contribution < -0.4 is 16.2 Å². The van der Waals surface area contributed by atoms with Crippen LogP contribution in [-0.2, 0) is 17.2 Å². The van der Waals surface area contributed by atoms with Gasteiger partial charge in [0.15, 0.2) is 0 Å². The second-order valence-corrected chi connectivity index (χ2v) is 11.2. The number of benzene rings is 2. The summed E-state index contributed by atoms with van der Waals surface area (Å²) in [5.41, 5.74) is 3.97. The zero-order chi connectivity index (χ0) is 29.9. The number of anilines is 3. The minimum absolute atomic E-state index is 0.00141. The summed E-state index contributed by atoms with van der Waals surface area (Å²) < 4.78 is 6.56. The number of nitrogens with zero attached hydrogens (tertiary/aromatic N) is 4. The fourth-order valence-corrected chi connectivity index (χ4v) is 4.60. The van der Waals surface area contributed by atoms with Crippen LogP contribution in [0.15, 0.2) is 77.7 Å². The highest BCUT2D eigenvalue weighted by Gasteiger charge is 2.19. The maximum atomic E-state index is 12.9. The number of carbonyl (C=O) groups excluding carboxylic acids is 2. The van der Waals surface area contributed by atoms with Gasteiger partial charge in [0.1, 0.15) is 11.5 Å². The second kappa shape index (κ2) is 12.0. The average molecular weight is 567 g/mol. The van der Waals surface area contributed by atoms with E-state index in [4.69, 9.17) is 4.74 Å². The molecule has 1 saturated heterocycles. The predicted octanol–water partition coefficient (Wildman–Crippen LogP) is 4.61. The third kappa shape index (κ3) is 6.55. The van der Waals surface area contributed by atoms with Crippen LogP contribution in [0.1, 0.15) is 47.1 Å². The Morgan fingerprint density at radius 3 is 2.31 bits per heavy atom. The molecule has 0 bridgehead atoms. The molecule has 1 aliphatic rings. The monoisotopic (exact) mass is 566 g/mol. The zero-order valence-electron chi connectivity index (χ0n) is 24.2. The van der Waals surface area contributed by atoms with Gasteiger partial charge in [-0.25, -0.2) is 9.67 Å². The number of aromatic nitrogens is 3. The molecule has 3 heterocycles. The van der Waals surface area contributed by atoms with E-state index in [0.29, 0.717) is 60.2 Å². The Labute approximate surface area is 244 Å². The lowest BCUT2D eigenvalue weighted by Crippen LogP contribution is -2.40. The van der Waals surface area contributed by atoms with Crippen LogP contribution in [-0.4, -0.2) is 57.8 Å². The summed E-state index contributed by atoms with van der Waals surface area (Å²) in [5, 5.41) is 10.4. The molecular weight excluding hydrogens is 532 g/mol. The molecule has 0 aliphatic carbocycles. The number of rotatable bonds is 6. The molecule has 1 aliphatic heterocycles. The van der Waals surface area contributed by atoms with Crippen LogP contribution in [0.5, 0.6) is 0 Å². The lowest BCUT2D eigenvalue weighted by atomic mass is 9.87. The van der Waals surface area contributed by atoms with Gasteiger partial charge in [0, 0.05) is 43.1 Å². The lowest BCUT2D eigenvalue weighted by Gasteiger charge is -2.26. The van der Waals surface area contributed by atoms with Crippen molar-refractivity contribution < 1.29 is 14.3 Å². The Morgan fingerprint density at radius 1 is 0.929 bits per heavy atom. The van der Waals surface area contributed by atoms with Crippen molar-refractivity contribution in [3.05, 3.63) is 100.0 Å². The van der Waals surface area contributed by atoms with E-state index in [1.165, 1.54) is 10.9 Å². The molecule has 10 nitrogen and oxygen atoms in total. The highest BCUT2D eigenvalue weighted by molar-refractivity contribution is 6.04. The van der Waals surface area contributed by atoms with E-state index in [9.17, 15) is 14.4 Å². The Bertz CT molecular complexity index is 1650. The van der Waals surface area contributed by atoms with Crippen molar-refractivity contribution in [3.8, 4) is 11.3 Å². The van der Waals surface area contributed by atoms with Gasteiger partial charge in [0.25, 0.3) is 17.4 Å². The Morgan fingerprint density at radius 2 is 1.64 bits per heavy atom. The van der Waals surface area contributed by atoms with Gasteiger partial charge in [-0.1, -0.05) is 45.0 Å². The first-order valence-electron chi connectivity index (χ1n) is 13.8. The van der Waals surface area contributed by atoms with E-state index in [0.717, 1.165) is 5.56 Å². The number of hydrogen-bond acceptors (Lipinski definition) is 7.